The Morgan fingerprint density at radius 3 is 1.94 bits per heavy atom. The predicted molar refractivity (Wildman–Crippen MR) is 69.1 cm³/mol. The molecule has 1 N–H and O–H groups in total. The number of esters is 1. The standard InChI is InChI=1S/C8H15NO2.C3H4O2.ClH/c1-6(2)8(10)11-7(3)9(4)5;1-2-3(4)5;/h7H,1H2,2-5H3;2H,1H2,(H,4,5);1H. The monoisotopic (exact) mass is 265 g/mol. The van der Waals surface area contributed by atoms with Crippen LogP contribution in [-0.4, -0.2) is 42.3 Å². The average molecular weight is 266 g/mol. The predicted octanol–water partition coefficient (Wildman–Crippen LogP) is 1.69. The summed E-state index contributed by atoms with van der Waals surface area (Å²) in [6.45, 7) is 9.87. The first-order chi connectivity index (χ1) is 7.22. The fourth-order valence-corrected chi connectivity index (χ4v) is 0.361. The van der Waals surface area contributed by atoms with E-state index in [4.69, 9.17) is 9.84 Å². The Morgan fingerprint density at radius 1 is 1.41 bits per heavy atom. The fourth-order valence-electron chi connectivity index (χ4n) is 0.361. The summed E-state index contributed by atoms with van der Waals surface area (Å²) in [4.78, 5) is 22.0. The lowest BCUT2D eigenvalue weighted by Crippen LogP contribution is -2.30. The zero-order valence-corrected chi connectivity index (χ0v) is 11.4. The van der Waals surface area contributed by atoms with Gasteiger partial charge in [0, 0.05) is 11.6 Å². The Labute approximate surface area is 108 Å². The van der Waals surface area contributed by atoms with E-state index in [9.17, 15) is 9.59 Å². The van der Waals surface area contributed by atoms with E-state index in [1.807, 2.05) is 14.1 Å². The van der Waals surface area contributed by atoms with Crippen LogP contribution < -0.4 is 0 Å². The fraction of sp³-hybridized carbons (Fsp3) is 0.455. The Bertz CT molecular complexity index is 277. The quantitative estimate of drug-likeness (QED) is 0.476. The van der Waals surface area contributed by atoms with Crippen LogP contribution in [0, 0.1) is 0 Å². The van der Waals surface area contributed by atoms with Crippen molar-refractivity contribution in [3.8, 4) is 0 Å². The topological polar surface area (TPSA) is 66.8 Å². The SMILES string of the molecule is C=C(C)C(=O)OC(C)N(C)C.C=CC(=O)O.Cl. The van der Waals surface area contributed by atoms with Gasteiger partial charge in [-0.3, -0.25) is 4.90 Å². The van der Waals surface area contributed by atoms with Crippen LogP contribution in [0.2, 0.25) is 0 Å². The highest BCUT2D eigenvalue weighted by Gasteiger charge is 2.10. The minimum atomic E-state index is -0.981. The van der Waals surface area contributed by atoms with Gasteiger partial charge in [0.1, 0.15) is 0 Å². The van der Waals surface area contributed by atoms with Gasteiger partial charge < -0.3 is 9.84 Å². The largest absolute Gasteiger partial charge is 0.478 e. The molecule has 0 aliphatic carbocycles. The van der Waals surface area contributed by atoms with Gasteiger partial charge in [-0.2, -0.15) is 0 Å². The molecule has 0 aromatic rings. The van der Waals surface area contributed by atoms with Gasteiger partial charge in [0.05, 0.1) is 0 Å². The maximum Gasteiger partial charge on any atom is 0.334 e. The summed E-state index contributed by atoms with van der Waals surface area (Å²) in [7, 11) is 3.69. The van der Waals surface area contributed by atoms with Crippen molar-refractivity contribution in [3.05, 3.63) is 24.8 Å². The van der Waals surface area contributed by atoms with E-state index in [1.165, 1.54) is 0 Å². The van der Waals surface area contributed by atoms with Crippen molar-refractivity contribution in [1.82, 2.24) is 4.90 Å². The summed E-state index contributed by atoms with van der Waals surface area (Å²) in [6, 6.07) is 0. The van der Waals surface area contributed by atoms with Crippen LogP contribution in [0.3, 0.4) is 0 Å². The van der Waals surface area contributed by atoms with E-state index in [0.717, 1.165) is 6.08 Å². The second kappa shape index (κ2) is 11.2. The van der Waals surface area contributed by atoms with Crippen LogP contribution >= 0.6 is 12.4 Å². The van der Waals surface area contributed by atoms with Crippen molar-refractivity contribution in [2.24, 2.45) is 0 Å². The number of carbonyl (C=O) groups is 2. The van der Waals surface area contributed by atoms with Gasteiger partial charge in [-0.15, -0.1) is 12.4 Å². The van der Waals surface area contributed by atoms with Crippen LogP contribution in [0.25, 0.3) is 0 Å². The molecule has 6 heteroatoms. The lowest BCUT2D eigenvalue weighted by Gasteiger charge is -2.19. The van der Waals surface area contributed by atoms with Gasteiger partial charge in [0.2, 0.25) is 0 Å². The summed E-state index contributed by atoms with van der Waals surface area (Å²) < 4.78 is 4.96. The molecule has 0 amide bonds. The second-order valence-corrected chi connectivity index (χ2v) is 3.29. The van der Waals surface area contributed by atoms with Crippen LogP contribution in [-0.2, 0) is 14.3 Å². The molecule has 0 rings (SSSR count). The minimum Gasteiger partial charge on any atom is -0.478 e. The van der Waals surface area contributed by atoms with Crippen molar-refractivity contribution >= 4 is 24.3 Å². The van der Waals surface area contributed by atoms with Crippen molar-refractivity contribution in [2.75, 3.05) is 14.1 Å². The highest BCUT2D eigenvalue weighted by atomic mass is 35.5. The molecule has 17 heavy (non-hydrogen) atoms. The van der Waals surface area contributed by atoms with Gasteiger partial charge in [-0.1, -0.05) is 13.2 Å². The van der Waals surface area contributed by atoms with Crippen LogP contribution in [0.15, 0.2) is 24.8 Å². The summed E-state index contributed by atoms with van der Waals surface area (Å²) in [5, 5.41) is 7.60. The van der Waals surface area contributed by atoms with E-state index in [0.29, 0.717) is 5.57 Å². The van der Waals surface area contributed by atoms with Gasteiger partial charge >= 0.3 is 11.9 Å². The zero-order valence-electron chi connectivity index (χ0n) is 10.6. The number of ether oxygens (including phenoxy) is 1. The molecule has 0 aliphatic heterocycles. The molecule has 1 unspecified atom stereocenters. The van der Waals surface area contributed by atoms with Gasteiger partial charge in [-0.05, 0) is 27.9 Å². The third kappa shape index (κ3) is 14.7. The maximum atomic E-state index is 10.9. The molecule has 5 nitrogen and oxygen atoms in total. The number of carboxylic acids is 1. The highest BCUT2D eigenvalue weighted by Crippen LogP contribution is 1.99. The molecule has 0 saturated carbocycles. The molecule has 0 aromatic heterocycles. The first kappa shape index (κ1) is 21.0. The summed E-state index contributed by atoms with van der Waals surface area (Å²) in [5.41, 5.74) is 0.429. The molecule has 0 bridgehead atoms. The molecule has 0 saturated heterocycles. The van der Waals surface area contributed by atoms with Gasteiger partial charge in [0.15, 0.2) is 6.23 Å². The molecule has 0 aliphatic rings. The normalized spacial score (nSPS) is 10.2. The number of nitrogens with zero attached hydrogens (tertiary/aromatic N) is 1. The summed E-state index contributed by atoms with van der Waals surface area (Å²) >= 11 is 0. The molecule has 0 aromatic carbocycles. The number of hydrogen-bond acceptors (Lipinski definition) is 4. The average Bonchev–Trinajstić information content (AvgIpc) is 2.18. The van der Waals surface area contributed by atoms with E-state index in [-0.39, 0.29) is 24.6 Å². The Balaban J connectivity index is -0.000000280. The molecular formula is C11H20ClNO4. The van der Waals surface area contributed by atoms with Crippen LogP contribution in [0.1, 0.15) is 13.8 Å². The number of hydrogen-bond donors (Lipinski definition) is 1. The lowest BCUT2D eigenvalue weighted by atomic mass is 10.4. The van der Waals surface area contributed by atoms with Crippen LogP contribution in [0.4, 0.5) is 0 Å². The molecule has 0 spiro atoms. The third-order valence-corrected chi connectivity index (χ3v) is 1.53. The second-order valence-electron chi connectivity index (χ2n) is 3.29. The zero-order chi connectivity index (χ0) is 13.3. The molecule has 1 atom stereocenters. The number of aliphatic carboxylic acids is 1. The molecular weight excluding hydrogens is 246 g/mol. The van der Waals surface area contributed by atoms with Gasteiger partial charge in [-0.25, -0.2) is 9.59 Å². The number of carboxylic acid groups (broad SMARTS) is 1. The maximum absolute atomic E-state index is 10.9. The summed E-state index contributed by atoms with van der Waals surface area (Å²) in [5.74, 6) is -1.32. The molecule has 0 fully saturated rings. The molecule has 100 valence electrons. The van der Waals surface area contributed by atoms with Crippen LogP contribution in [0.5, 0.6) is 0 Å². The number of carbonyl (C=O) groups excluding carboxylic acids is 1. The molecule has 0 radical (unpaired) electrons. The Hall–Kier alpha value is -1.33. The number of rotatable bonds is 4. The summed E-state index contributed by atoms with van der Waals surface area (Å²) in [6.07, 6.45) is 0.638. The highest BCUT2D eigenvalue weighted by molar-refractivity contribution is 5.87. The van der Waals surface area contributed by atoms with Crippen molar-refractivity contribution in [3.63, 3.8) is 0 Å². The van der Waals surface area contributed by atoms with Gasteiger partial charge in [0.25, 0.3) is 0 Å². The lowest BCUT2D eigenvalue weighted by molar-refractivity contribution is -0.150. The van der Waals surface area contributed by atoms with Crippen molar-refractivity contribution in [1.29, 1.82) is 0 Å². The Kier molecular flexibility index (Phi) is 13.8. The van der Waals surface area contributed by atoms with E-state index < -0.39 is 5.97 Å². The molecule has 0 heterocycles. The van der Waals surface area contributed by atoms with Crippen molar-refractivity contribution in [2.45, 2.75) is 20.1 Å². The first-order valence-electron chi connectivity index (χ1n) is 4.60. The first-order valence-corrected chi connectivity index (χ1v) is 4.60. The number of halogens is 1. The third-order valence-electron chi connectivity index (χ3n) is 1.53. The van der Waals surface area contributed by atoms with E-state index >= 15 is 0 Å². The smallest absolute Gasteiger partial charge is 0.334 e. The van der Waals surface area contributed by atoms with E-state index in [1.54, 1.807) is 18.7 Å². The minimum absolute atomic E-state index is 0. The van der Waals surface area contributed by atoms with Crippen molar-refractivity contribution < 1.29 is 19.4 Å². The Morgan fingerprint density at radius 2 is 1.76 bits per heavy atom. The van der Waals surface area contributed by atoms with E-state index in [2.05, 4.69) is 13.2 Å².